The highest BCUT2D eigenvalue weighted by Gasteiger charge is 2.38. The number of hydrogen-bond acceptors (Lipinski definition) is 4. The van der Waals surface area contributed by atoms with Gasteiger partial charge in [0, 0.05) is 31.1 Å². The number of allylic oxidation sites excluding steroid dienone is 3. The maximum Gasteiger partial charge on any atom is 0.303 e. The summed E-state index contributed by atoms with van der Waals surface area (Å²) in [6.07, 6.45) is 13.6. The van der Waals surface area contributed by atoms with Gasteiger partial charge in [0.2, 0.25) is 0 Å². The van der Waals surface area contributed by atoms with Crippen LogP contribution in [0.5, 0.6) is 0 Å². The Kier molecular flexibility index (Phi) is 11.1. The standard InChI is InChI=1S/C25H40O5/c1-6-7-16-25(4,5)23(30-19(3)26)15-14-20-18(2)17-22(27)21(20)12-10-8-9-11-13-24(28)29/h8,10,14-15,18,20-21,23H,6-7,9,11-13,16-17H2,1-5H3,(H,28,29)/t18-,20-,21-,23-/m1/s1. The first-order valence-electron chi connectivity index (χ1n) is 11.3. The fourth-order valence-corrected chi connectivity index (χ4v) is 4.20. The predicted octanol–water partition coefficient (Wildman–Crippen LogP) is 5.73. The van der Waals surface area contributed by atoms with Crippen molar-refractivity contribution in [1.29, 1.82) is 0 Å². The fourth-order valence-electron chi connectivity index (χ4n) is 4.20. The Bertz CT molecular complexity index is 631. The van der Waals surface area contributed by atoms with Crippen LogP contribution in [0.4, 0.5) is 0 Å². The maximum atomic E-state index is 12.5. The Hall–Kier alpha value is -1.91. The highest BCUT2D eigenvalue weighted by atomic mass is 16.5. The van der Waals surface area contributed by atoms with Crippen molar-refractivity contribution in [2.75, 3.05) is 0 Å². The number of Topliss-reactive ketones (excluding diaryl/α,β-unsaturated/α-hetero) is 1. The molecule has 0 radical (unpaired) electrons. The van der Waals surface area contributed by atoms with Gasteiger partial charge in [-0.15, -0.1) is 0 Å². The summed E-state index contributed by atoms with van der Waals surface area (Å²) in [5.41, 5.74) is -0.163. The van der Waals surface area contributed by atoms with Crippen molar-refractivity contribution in [2.24, 2.45) is 23.2 Å². The molecule has 0 saturated heterocycles. The second-order valence-corrected chi connectivity index (χ2v) is 9.33. The highest BCUT2D eigenvalue weighted by molar-refractivity contribution is 5.84. The lowest BCUT2D eigenvalue weighted by Gasteiger charge is -2.32. The topological polar surface area (TPSA) is 80.7 Å². The third-order valence-electron chi connectivity index (χ3n) is 6.12. The van der Waals surface area contributed by atoms with Crippen molar-refractivity contribution in [3.05, 3.63) is 24.3 Å². The molecule has 0 aromatic carbocycles. The van der Waals surface area contributed by atoms with Crippen molar-refractivity contribution < 1.29 is 24.2 Å². The summed E-state index contributed by atoms with van der Waals surface area (Å²) in [6, 6.07) is 0. The normalized spacial score (nSPS) is 23.4. The van der Waals surface area contributed by atoms with Crippen LogP contribution in [0.1, 0.15) is 86.0 Å². The Morgan fingerprint density at radius 1 is 1.27 bits per heavy atom. The number of rotatable bonds is 13. The summed E-state index contributed by atoms with van der Waals surface area (Å²) >= 11 is 0. The SMILES string of the molecule is CCCCC(C)(C)[C@@H](C=C[C@@H]1[C@H](C)CC(=O)[C@@H]1CC=CCCCC(=O)O)OC(C)=O. The van der Waals surface area contributed by atoms with Crippen LogP contribution in [-0.4, -0.2) is 28.9 Å². The van der Waals surface area contributed by atoms with Crippen LogP contribution in [0.25, 0.3) is 0 Å². The molecule has 1 fully saturated rings. The van der Waals surface area contributed by atoms with Gasteiger partial charge in [0.05, 0.1) is 0 Å². The van der Waals surface area contributed by atoms with Crippen molar-refractivity contribution in [1.82, 2.24) is 0 Å². The molecule has 5 heteroatoms. The van der Waals surface area contributed by atoms with E-state index in [1.165, 1.54) is 6.92 Å². The van der Waals surface area contributed by atoms with E-state index in [0.717, 1.165) is 19.3 Å². The molecule has 0 aromatic heterocycles. The number of unbranched alkanes of at least 4 members (excludes halogenated alkanes) is 2. The van der Waals surface area contributed by atoms with E-state index in [-0.39, 0.29) is 47.4 Å². The van der Waals surface area contributed by atoms with Crippen molar-refractivity contribution in [2.45, 2.75) is 92.1 Å². The van der Waals surface area contributed by atoms with Gasteiger partial charge in [-0.05, 0) is 43.6 Å². The summed E-state index contributed by atoms with van der Waals surface area (Å²) in [4.78, 5) is 34.8. The molecule has 30 heavy (non-hydrogen) atoms. The molecule has 0 unspecified atom stereocenters. The molecule has 1 saturated carbocycles. The molecule has 4 atom stereocenters. The first-order chi connectivity index (χ1) is 14.1. The molecule has 1 rings (SSSR count). The third kappa shape index (κ3) is 8.85. The monoisotopic (exact) mass is 420 g/mol. The second-order valence-electron chi connectivity index (χ2n) is 9.33. The molecule has 1 N–H and O–H groups in total. The van der Waals surface area contributed by atoms with Crippen LogP contribution in [-0.2, 0) is 19.1 Å². The third-order valence-corrected chi connectivity index (χ3v) is 6.12. The first-order valence-corrected chi connectivity index (χ1v) is 11.3. The summed E-state index contributed by atoms with van der Waals surface area (Å²) < 4.78 is 5.64. The van der Waals surface area contributed by atoms with Crippen molar-refractivity contribution >= 4 is 17.7 Å². The molecule has 0 bridgehead atoms. The Morgan fingerprint density at radius 2 is 1.97 bits per heavy atom. The van der Waals surface area contributed by atoms with Crippen molar-refractivity contribution in [3.8, 4) is 0 Å². The van der Waals surface area contributed by atoms with E-state index in [9.17, 15) is 14.4 Å². The van der Waals surface area contributed by atoms with E-state index in [1.807, 2.05) is 18.2 Å². The van der Waals surface area contributed by atoms with E-state index < -0.39 is 5.97 Å². The number of carboxylic acids is 1. The van der Waals surface area contributed by atoms with Gasteiger partial charge in [0.1, 0.15) is 11.9 Å². The van der Waals surface area contributed by atoms with Gasteiger partial charge in [0.15, 0.2) is 0 Å². The average molecular weight is 421 g/mol. The van der Waals surface area contributed by atoms with Gasteiger partial charge in [0.25, 0.3) is 0 Å². The summed E-state index contributed by atoms with van der Waals surface area (Å²) in [7, 11) is 0. The molecule has 1 aliphatic rings. The minimum atomic E-state index is -0.780. The quantitative estimate of drug-likeness (QED) is 0.234. The van der Waals surface area contributed by atoms with Gasteiger partial charge in [-0.25, -0.2) is 0 Å². The Labute approximate surface area is 182 Å². The largest absolute Gasteiger partial charge is 0.481 e. The summed E-state index contributed by atoms with van der Waals surface area (Å²) in [6.45, 7) is 9.95. The average Bonchev–Trinajstić information content (AvgIpc) is 2.92. The summed E-state index contributed by atoms with van der Waals surface area (Å²) in [5, 5.41) is 8.70. The van der Waals surface area contributed by atoms with E-state index >= 15 is 0 Å². The molecule has 0 amide bonds. The molecular weight excluding hydrogens is 380 g/mol. The molecule has 0 aromatic rings. The Morgan fingerprint density at radius 3 is 2.57 bits per heavy atom. The smallest absolute Gasteiger partial charge is 0.303 e. The van der Waals surface area contributed by atoms with E-state index in [2.05, 4.69) is 33.8 Å². The number of carboxylic acid groups (broad SMARTS) is 1. The summed E-state index contributed by atoms with van der Waals surface area (Å²) in [5.74, 6) is -0.467. The van der Waals surface area contributed by atoms with Gasteiger partial charge >= 0.3 is 11.9 Å². The van der Waals surface area contributed by atoms with E-state index in [1.54, 1.807) is 0 Å². The molecular formula is C25H40O5. The second kappa shape index (κ2) is 12.7. The maximum absolute atomic E-state index is 12.5. The van der Waals surface area contributed by atoms with Crippen LogP contribution in [0.15, 0.2) is 24.3 Å². The Balaban J connectivity index is 2.83. The minimum absolute atomic E-state index is 0.0660. The molecule has 1 aliphatic carbocycles. The predicted molar refractivity (Wildman–Crippen MR) is 119 cm³/mol. The van der Waals surface area contributed by atoms with Crippen LogP contribution in [0.3, 0.4) is 0 Å². The number of ether oxygens (including phenoxy) is 1. The molecule has 5 nitrogen and oxygen atoms in total. The number of aliphatic carboxylic acids is 1. The van der Waals surface area contributed by atoms with Crippen LogP contribution >= 0.6 is 0 Å². The number of ketones is 1. The molecule has 170 valence electrons. The molecule has 0 heterocycles. The first kappa shape index (κ1) is 26.1. The lowest BCUT2D eigenvalue weighted by atomic mass is 9.79. The lowest BCUT2D eigenvalue weighted by molar-refractivity contribution is -0.149. The zero-order chi connectivity index (χ0) is 22.7. The zero-order valence-electron chi connectivity index (χ0n) is 19.4. The van der Waals surface area contributed by atoms with Crippen LogP contribution in [0.2, 0.25) is 0 Å². The number of carbonyl (C=O) groups is 3. The van der Waals surface area contributed by atoms with Crippen molar-refractivity contribution in [3.63, 3.8) is 0 Å². The van der Waals surface area contributed by atoms with Gasteiger partial charge in [-0.2, -0.15) is 0 Å². The molecule has 0 spiro atoms. The zero-order valence-corrected chi connectivity index (χ0v) is 19.4. The number of esters is 1. The fraction of sp³-hybridized carbons (Fsp3) is 0.720. The number of carbonyl (C=O) groups excluding carboxylic acids is 2. The van der Waals surface area contributed by atoms with E-state index in [0.29, 0.717) is 25.7 Å². The van der Waals surface area contributed by atoms with Gasteiger partial charge < -0.3 is 9.84 Å². The van der Waals surface area contributed by atoms with Gasteiger partial charge in [-0.1, -0.05) is 58.8 Å². The van der Waals surface area contributed by atoms with Crippen LogP contribution in [0, 0.1) is 23.2 Å². The van der Waals surface area contributed by atoms with Gasteiger partial charge in [-0.3, -0.25) is 14.4 Å². The minimum Gasteiger partial charge on any atom is -0.481 e. The van der Waals surface area contributed by atoms with Crippen LogP contribution < -0.4 is 0 Å². The number of hydrogen-bond donors (Lipinski definition) is 1. The highest BCUT2D eigenvalue weighted by Crippen LogP contribution is 2.39. The van der Waals surface area contributed by atoms with E-state index in [4.69, 9.17) is 9.84 Å². The molecule has 0 aliphatic heterocycles. The lowest BCUT2D eigenvalue weighted by Crippen LogP contribution is -2.32.